The van der Waals surface area contributed by atoms with Gasteiger partial charge < -0.3 is 10.6 Å². The summed E-state index contributed by atoms with van der Waals surface area (Å²) in [5, 5.41) is 1.04. The van der Waals surface area contributed by atoms with E-state index >= 15 is 0 Å². The van der Waals surface area contributed by atoms with Gasteiger partial charge in [-0.1, -0.05) is 42.6 Å². The quantitative estimate of drug-likeness (QED) is 0.817. The largest absolute Gasteiger partial charge is 0.341 e. The molecule has 1 amide bonds. The van der Waals surface area contributed by atoms with Gasteiger partial charge in [-0.2, -0.15) is 0 Å². The van der Waals surface area contributed by atoms with E-state index in [4.69, 9.17) is 28.9 Å². The monoisotopic (exact) mass is 330 g/mol. The predicted molar refractivity (Wildman–Crippen MR) is 89.6 cm³/mol. The Morgan fingerprint density at radius 2 is 1.90 bits per heavy atom. The first-order valence-electron chi connectivity index (χ1n) is 7.25. The maximum Gasteiger partial charge on any atom is 0.225 e. The van der Waals surface area contributed by atoms with E-state index in [-0.39, 0.29) is 17.9 Å². The van der Waals surface area contributed by atoms with Crippen LogP contribution in [0, 0.1) is 5.92 Å². The van der Waals surface area contributed by atoms with Crippen LogP contribution in [0.5, 0.6) is 0 Å². The summed E-state index contributed by atoms with van der Waals surface area (Å²) < 4.78 is 0. The maximum absolute atomic E-state index is 12.3. The molecular formula is C16H24Cl2N2O. The first-order chi connectivity index (χ1) is 9.81. The lowest BCUT2D eigenvalue weighted by molar-refractivity contribution is -0.134. The van der Waals surface area contributed by atoms with Crippen LogP contribution in [-0.2, 0) is 11.3 Å². The summed E-state index contributed by atoms with van der Waals surface area (Å²) in [6.45, 7) is 4.49. The SMILES string of the molecule is CC(N)CCCC(C)C(=O)N(C)Cc1ccc(Cl)c(Cl)c1. The van der Waals surface area contributed by atoms with E-state index in [1.807, 2.05) is 27.0 Å². The summed E-state index contributed by atoms with van der Waals surface area (Å²) >= 11 is 11.9. The molecule has 1 aromatic rings. The zero-order valence-electron chi connectivity index (χ0n) is 12.9. The van der Waals surface area contributed by atoms with Crippen molar-refractivity contribution < 1.29 is 4.79 Å². The van der Waals surface area contributed by atoms with Crippen LogP contribution in [-0.4, -0.2) is 23.9 Å². The lowest BCUT2D eigenvalue weighted by atomic mass is 10.0. The number of benzene rings is 1. The zero-order valence-corrected chi connectivity index (χ0v) is 14.4. The van der Waals surface area contributed by atoms with Gasteiger partial charge in [0.15, 0.2) is 0 Å². The molecule has 0 radical (unpaired) electrons. The smallest absolute Gasteiger partial charge is 0.225 e. The zero-order chi connectivity index (χ0) is 16.0. The molecule has 0 heterocycles. The third-order valence-corrected chi connectivity index (χ3v) is 4.24. The molecule has 2 N–H and O–H groups in total. The van der Waals surface area contributed by atoms with Crippen molar-refractivity contribution in [2.45, 2.75) is 45.7 Å². The van der Waals surface area contributed by atoms with Crippen molar-refractivity contribution in [3.63, 3.8) is 0 Å². The molecule has 21 heavy (non-hydrogen) atoms. The highest BCUT2D eigenvalue weighted by Gasteiger charge is 2.17. The molecule has 118 valence electrons. The molecule has 0 aliphatic carbocycles. The highest BCUT2D eigenvalue weighted by molar-refractivity contribution is 6.42. The van der Waals surface area contributed by atoms with Gasteiger partial charge in [-0.25, -0.2) is 0 Å². The van der Waals surface area contributed by atoms with Gasteiger partial charge in [-0.05, 0) is 37.5 Å². The standard InChI is InChI=1S/C16H24Cl2N2O/c1-11(5-4-6-12(2)19)16(21)20(3)10-13-7-8-14(17)15(18)9-13/h7-9,11-12H,4-6,10,19H2,1-3H3. The van der Waals surface area contributed by atoms with E-state index in [1.165, 1.54) is 0 Å². The average molecular weight is 331 g/mol. The molecule has 0 saturated carbocycles. The molecule has 0 aliphatic rings. The van der Waals surface area contributed by atoms with Crippen molar-refractivity contribution in [1.29, 1.82) is 0 Å². The van der Waals surface area contributed by atoms with E-state index in [1.54, 1.807) is 17.0 Å². The summed E-state index contributed by atoms with van der Waals surface area (Å²) in [5.41, 5.74) is 6.70. The summed E-state index contributed by atoms with van der Waals surface area (Å²) in [4.78, 5) is 14.0. The number of amides is 1. The van der Waals surface area contributed by atoms with Gasteiger partial charge in [-0.3, -0.25) is 4.79 Å². The molecule has 0 bridgehead atoms. The van der Waals surface area contributed by atoms with Gasteiger partial charge in [0.2, 0.25) is 5.91 Å². The van der Waals surface area contributed by atoms with Gasteiger partial charge in [0.05, 0.1) is 10.0 Å². The molecular weight excluding hydrogens is 307 g/mol. The minimum absolute atomic E-state index is 0.0107. The molecule has 2 unspecified atom stereocenters. The molecule has 0 saturated heterocycles. The van der Waals surface area contributed by atoms with E-state index in [0.717, 1.165) is 24.8 Å². The third kappa shape index (κ3) is 6.25. The number of carbonyl (C=O) groups is 1. The molecule has 2 atom stereocenters. The van der Waals surface area contributed by atoms with Crippen molar-refractivity contribution in [3.05, 3.63) is 33.8 Å². The lowest BCUT2D eigenvalue weighted by Crippen LogP contribution is -2.31. The van der Waals surface area contributed by atoms with Crippen molar-refractivity contribution in [2.24, 2.45) is 11.7 Å². The number of carbonyl (C=O) groups excluding carboxylic acids is 1. The summed E-state index contributed by atoms with van der Waals surface area (Å²) in [5.74, 6) is 0.155. The number of nitrogens with two attached hydrogens (primary N) is 1. The van der Waals surface area contributed by atoms with Crippen molar-refractivity contribution in [1.82, 2.24) is 4.90 Å². The molecule has 3 nitrogen and oxygen atoms in total. The van der Waals surface area contributed by atoms with Crippen molar-refractivity contribution >= 4 is 29.1 Å². The van der Waals surface area contributed by atoms with Gasteiger partial charge in [0, 0.05) is 25.6 Å². The highest BCUT2D eigenvalue weighted by Crippen LogP contribution is 2.23. The van der Waals surface area contributed by atoms with Gasteiger partial charge in [-0.15, -0.1) is 0 Å². The van der Waals surface area contributed by atoms with E-state index in [2.05, 4.69) is 0 Å². The first-order valence-corrected chi connectivity index (χ1v) is 8.01. The number of nitrogens with zero attached hydrogens (tertiary/aromatic N) is 1. The van der Waals surface area contributed by atoms with Crippen molar-refractivity contribution in [3.8, 4) is 0 Å². The molecule has 5 heteroatoms. The van der Waals surface area contributed by atoms with E-state index in [9.17, 15) is 4.79 Å². The summed E-state index contributed by atoms with van der Waals surface area (Å²) in [6, 6.07) is 5.64. The van der Waals surface area contributed by atoms with Crippen LogP contribution >= 0.6 is 23.2 Å². The number of hydrogen-bond acceptors (Lipinski definition) is 2. The minimum Gasteiger partial charge on any atom is -0.341 e. The van der Waals surface area contributed by atoms with E-state index in [0.29, 0.717) is 16.6 Å². The number of hydrogen-bond donors (Lipinski definition) is 1. The van der Waals surface area contributed by atoms with Gasteiger partial charge in [0.1, 0.15) is 0 Å². The number of halogens is 2. The molecule has 1 rings (SSSR count). The second kappa shape index (κ2) is 8.62. The second-order valence-corrected chi connectivity index (χ2v) is 6.57. The molecule has 0 fully saturated rings. The average Bonchev–Trinajstić information content (AvgIpc) is 2.41. The summed E-state index contributed by atoms with van der Waals surface area (Å²) in [7, 11) is 1.81. The predicted octanol–water partition coefficient (Wildman–Crippen LogP) is 4.11. The molecule has 0 aliphatic heterocycles. The van der Waals surface area contributed by atoms with Gasteiger partial charge >= 0.3 is 0 Å². The van der Waals surface area contributed by atoms with Crippen molar-refractivity contribution in [2.75, 3.05) is 7.05 Å². The Labute approximate surface area is 137 Å². The van der Waals surface area contributed by atoms with E-state index < -0.39 is 0 Å². The molecule has 0 spiro atoms. The normalized spacial score (nSPS) is 13.8. The molecule has 1 aromatic carbocycles. The summed E-state index contributed by atoms with van der Waals surface area (Å²) in [6.07, 6.45) is 2.80. The van der Waals surface area contributed by atoms with Crippen LogP contribution in [0.4, 0.5) is 0 Å². The Morgan fingerprint density at radius 1 is 1.24 bits per heavy atom. The fourth-order valence-corrected chi connectivity index (χ4v) is 2.56. The number of rotatable bonds is 7. The molecule has 0 aromatic heterocycles. The van der Waals surface area contributed by atoms with Gasteiger partial charge in [0.25, 0.3) is 0 Å². The fourth-order valence-electron chi connectivity index (χ4n) is 2.24. The van der Waals surface area contributed by atoms with Crippen LogP contribution in [0.25, 0.3) is 0 Å². The van der Waals surface area contributed by atoms with Crippen LogP contribution < -0.4 is 5.73 Å². The Balaban J connectivity index is 2.51. The second-order valence-electron chi connectivity index (χ2n) is 5.75. The third-order valence-electron chi connectivity index (χ3n) is 3.50. The Morgan fingerprint density at radius 3 is 2.48 bits per heavy atom. The van der Waals surface area contributed by atoms with Crippen LogP contribution in [0.2, 0.25) is 10.0 Å². The van der Waals surface area contributed by atoms with Crippen LogP contribution in [0.15, 0.2) is 18.2 Å². The maximum atomic E-state index is 12.3. The van der Waals surface area contributed by atoms with Crippen LogP contribution in [0.3, 0.4) is 0 Å². The van der Waals surface area contributed by atoms with Crippen LogP contribution in [0.1, 0.15) is 38.7 Å². The first kappa shape index (κ1) is 18.3. The Kier molecular flexibility index (Phi) is 7.50. The lowest BCUT2D eigenvalue weighted by Gasteiger charge is -2.22. The fraction of sp³-hybridized carbons (Fsp3) is 0.562. The highest BCUT2D eigenvalue weighted by atomic mass is 35.5. The Bertz CT molecular complexity index is 477. The topological polar surface area (TPSA) is 46.3 Å². The Hall–Kier alpha value is -0.770. The minimum atomic E-state index is 0.0107.